The average molecular weight is 238 g/mol. The molecule has 0 bridgehead atoms. The van der Waals surface area contributed by atoms with Crippen LogP contribution in [0.3, 0.4) is 0 Å². The molecular formula is C13H26N4. The Balaban J connectivity index is 2.11. The Morgan fingerprint density at radius 3 is 2.53 bits per heavy atom. The molecule has 0 saturated heterocycles. The van der Waals surface area contributed by atoms with E-state index in [2.05, 4.69) is 49.6 Å². The van der Waals surface area contributed by atoms with Crippen LogP contribution < -0.4 is 10.6 Å². The minimum atomic E-state index is 0.222. The molecule has 0 radical (unpaired) electrons. The quantitative estimate of drug-likeness (QED) is 0.740. The monoisotopic (exact) mass is 238 g/mol. The van der Waals surface area contributed by atoms with Gasteiger partial charge < -0.3 is 10.6 Å². The molecule has 0 aliphatic rings. The van der Waals surface area contributed by atoms with Crippen LogP contribution in [0, 0.1) is 6.92 Å². The predicted molar refractivity (Wildman–Crippen MR) is 72.0 cm³/mol. The summed E-state index contributed by atoms with van der Waals surface area (Å²) in [5.41, 5.74) is 2.63. The Morgan fingerprint density at radius 2 is 2.00 bits per heavy atom. The van der Waals surface area contributed by atoms with E-state index in [-0.39, 0.29) is 5.54 Å². The molecule has 1 heterocycles. The summed E-state index contributed by atoms with van der Waals surface area (Å²) in [6, 6.07) is 0. The van der Waals surface area contributed by atoms with Gasteiger partial charge in [0.2, 0.25) is 0 Å². The van der Waals surface area contributed by atoms with Crippen molar-refractivity contribution in [3.8, 4) is 0 Å². The maximum atomic E-state index is 4.32. The fourth-order valence-electron chi connectivity index (χ4n) is 1.72. The lowest BCUT2D eigenvalue weighted by Gasteiger charge is -2.20. The van der Waals surface area contributed by atoms with E-state index in [1.807, 2.05) is 11.7 Å². The van der Waals surface area contributed by atoms with E-state index in [9.17, 15) is 0 Å². The van der Waals surface area contributed by atoms with Crippen molar-refractivity contribution in [2.45, 2.75) is 46.2 Å². The maximum absolute atomic E-state index is 4.32. The normalized spacial score (nSPS) is 12.1. The molecule has 4 heteroatoms. The second kappa shape index (κ2) is 6.17. The van der Waals surface area contributed by atoms with Gasteiger partial charge in [-0.1, -0.05) is 0 Å². The Labute approximate surface area is 105 Å². The molecular weight excluding hydrogens is 212 g/mol. The van der Waals surface area contributed by atoms with Gasteiger partial charge >= 0.3 is 0 Å². The summed E-state index contributed by atoms with van der Waals surface area (Å²) in [6.45, 7) is 11.6. The zero-order valence-electron chi connectivity index (χ0n) is 11.8. The highest BCUT2D eigenvalue weighted by atomic mass is 15.2. The predicted octanol–water partition coefficient (Wildman–Crippen LogP) is 1.60. The van der Waals surface area contributed by atoms with Gasteiger partial charge in [-0.15, -0.1) is 0 Å². The number of nitrogens with zero attached hydrogens (tertiary/aromatic N) is 2. The molecule has 4 nitrogen and oxygen atoms in total. The Bertz CT molecular complexity index is 336. The number of hydrogen-bond acceptors (Lipinski definition) is 3. The lowest BCUT2D eigenvalue weighted by atomic mass is 10.1. The summed E-state index contributed by atoms with van der Waals surface area (Å²) in [5.74, 6) is 0. The van der Waals surface area contributed by atoms with Gasteiger partial charge in [0.1, 0.15) is 0 Å². The van der Waals surface area contributed by atoms with E-state index in [4.69, 9.17) is 0 Å². The third-order valence-electron chi connectivity index (χ3n) is 2.62. The van der Waals surface area contributed by atoms with Crippen molar-refractivity contribution in [2.24, 2.45) is 7.05 Å². The largest absolute Gasteiger partial charge is 0.312 e. The van der Waals surface area contributed by atoms with Gasteiger partial charge in [0, 0.05) is 30.9 Å². The Kier molecular flexibility index (Phi) is 5.15. The van der Waals surface area contributed by atoms with E-state index in [0.29, 0.717) is 0 Å². The minimum absolute atomic E-state index is 0.222. The van der Waals surface area contributed by atoms with Gasteiger partial charge in [0.05, 0.1) is 5.69 Å². The van der Waals surface area contributed by atoms with Crippen molar-refractivity contribution < 1.29 is 0 Å². The summed E-state index contributed by atoms with van der Waals surface area (Å²) in [7, 11) is 1.96. The van der Waals surface area contributed by atoms with Gasteiger partial charge in [-0.25, -0.2) is 0 Å². The standard InChI is InChI=1S/C13H26N4/c1-11-12(10-17(5)16-11)9-14-7-6-8-15-13(2,3)4/h10,14-15H,6-9H2,1-5H3. The van der Waals surface area contributed by atoms with Crippen molar-refractivity contribution in [2.75, 3.05) is 13.1 Å². The van der Waals surface area contributed by atoms with E-state index < -0.39 is 0 Å². The highest BCUT2D eigenvalue weighted by Gasteiger charge is 2.07. The molecule has 0 spiro atoms. The van der Waals surface area contributed by atoms with Gasteiger partial charge in [-0.3, -0.25) is 4.68 Å². The molecule has 1 rings (SSSR count). The first-order chi connectivity index (χ1) is 7.88. The maximum Gasteiger partial charge on any atom is 0.0638 e. The first-order valence-electron chi connectivity index (χ1n) is 6.33. The number of hydrogen-bond donors (Lipinski definition) is 2. The first kappa shape index (κ1) is 14.2. The Hall–Kier alpha value is -0.870. The average Bonchev–Trinajstić information content (AvgIpc) is 2.49. The minimum Gasteiger partial charge on any atom is -0.312 e. The van der Waals surface area contributed by atoms with Crippen LogP contribution in [0.2, 0.25) is 0 Å². The van der Waals surface area contributed by atoms with E-state index in [0.717, 1.165) is 31.7 Å². The first-order valence-corrected chi connectivity index (χ1v) is 6.33. The van der Waals surface area contributed by atoms with Crippen molar-refractivity contribution >= 4 is 0 Å². The molecule has 17 heavy (non-hydrogen) atoms. The van der Waals surface area contributed by atoms with Crippen LogP contribution in [0.25, 0.3) is 0 Å². The molecule has 0 amide bonds. The van der Waals surface area contributed by atoms with Crippen LogP contribution in [0.15, 0.2) is 6.20 Å². The summed E-state index contributed by atoms with van der Waals surface area (Å²) in [4.78, 5) is 0. The summed E-state index contributed by atoms with van der Waals surface area (Å²) in [6.07, 6.45) is 3.23. The molecule has 0 unspecified atom stereocenters. The Morgan fingerprint density at radius 1 is 1.29 bits per heavy atom. The molecule has 1 aromatic rings. The second-order valence-electron chi connectivity index (χ2n) is 5.62. The van der Waals surface area contributed by atoms with Gasteiger partial charge in [-0.2, -0.15) is 5.10 Å². The molecule has 0 fully saturated rings. The lowest BCUT2D eigenvalue weighted by Crippen LogP contribution is -2.37. The van der Waals surface area contributed by atoms with Crippen LogP contribution in [-0.4, -0.2) is 28.4 Å². The van der Waals surface area contributed by atoms with Crippen LogP contribution in [-0.2, 0) is 13.6 Å². The number of rotatable bonds is 6. The van der Waals surface area contributed by atoms with Crippen LogP contribution >= 0.6 is 0 Å². The molecule has 0 aliphatic carbocycles. The van der Waals surface area contributed by atoms with Gasteiger partial charge in [0.25, 0.3) is 0 Å². The number of nitrogens with one attached hydrogen (secondary N) is 2. The van der Waals surface area contributed by atoms with E-state index in [1.54, 1.807) is 0 Å². The lowest BCUT2D eigenvalue weighted by molar-refractivity contribution is 0.418. The zero-order chi connectivity index (χ0) is 12.9. The fraction of sp³-hybridized carbons (Fsp3) is 0.769. The van der Waals surface area contributed by atoms with Crippen molar-refractivity contribution in [1.29, 1.82) is 0 Å². The molecule has 2 N–H and O–H groups in total. The van der Waals surface area contributed by atoms with Crippen molar-refractivity contribution in [3.05, 3.63) is 17.5 Å². The number of aryl methyl sites for hydroxylation is 2. The summed E-state index contributed by atoms with van der Waals surface area (Å²) < 4.78 is 1.87. The topological polar surface area (TPSA) is 41.9 Å². The SMILES string of the molecule is Cc1nn(C)cc1CNCCCNC(C)(C)C. The molecule has 0 aromatic carbocycles. The summed E-state index contributed by atoms with van der Waals surface area (Å²) >= 11 is 0. The highest BCUT2D eigenvalue weighted by Crippen LogP contribution is 2.03. The molecule has 0 saturated carbocycles. The molecule has 98 valence electrons. The fourth-order valence-corrected chi connectivity index (χ4v) is 1.72. The highest BCUT2D eigenvalue weighted by molar-refractivity contribution is 5.14. The van der Waals surface area contributed by atoms with Gasteiger partial charge in [-0.05, 0) is 47.2 Å². The number of aromatic nitrogens is 2. The van der Waals surface area contributed by atoms with Crippen molar-refractivity contribution in [1.82, 2.24) is 20.4 Å². The zero-order valence-corrected chi connectivity index (χ0v) is 11.8. The van der Waals surface area contributed by atoms with E-state index >= 15 is 0 Å². The van der Waals surface area contributed by atoms with Crippen LogP contribution in [0.1, 0.15) is 38.4 Å². The molecule has 0 aliphatic heterocycles. The molecule has 0 atom stereocenters. The van der Waals surface area contributed by atoms with Crippen LogP contribution in [0.5, 0.6) is 0 Å². The van der Waals surface area contributed by atoms with Crippen molar-refractivity contribution in [3.63, 3.8) is 0 Å². The van der Waals surface area contributed by atoms with Gasteiger partial charge in [0.15, 0.2) is 0 Å². The smallest absolute Gasteiger partial charge is 0.0638 e. The second-order valence-corrected chi connectivity index (χ2v) is 5.62. The van der Waals surface area contributed by atoms with E-state index in [1.165, 1.54) is 5.56 Å². The third kappa shape index (κ3) is 5.84. The third-order valence-corrected chi connectivity index (χ3v) is 2.62. The summed E-state index contributed by atoms with van der Waals surface area (Å²) in [5, 5.41) is 11.3. The molecule has 1 aromatic heterocycles. The van der Waals surface area contributed by atoms with Crippen LogP contribution in [0.4, 0.5) is 0 Å².